The number of hydrogen-bond acceptors (Lipinski definition) is 5. The van der Waals surface area contributed by atoms with Crippen LogP contribution >= 0.6 is 0 Å². The fourth-order valence-corrected chi connectivity index (χ4v) is 4.22. The lowest BCUT2D eigenvalue weighted by Crippen LogP contribution is -2.41. The topological polar surface area (TPSA) is 86.6 Å². The van der Waals surface area contributed by atoms with Crippen LogP contribution in [-0.2, 0) is 22.6 Å². The second kappa shape index (κ2) is 6.05. The maximum absolute atomic E-state index is 12.8. The van der Waals surface area contributed by atoms with Crippen LogP contribution in [0.3, 0.4) is 0 Å². The first-order valence-electron chi connectivity index (χ1n) is 9.07. The highest BCUT2D eigenvalue weighted by Gasteiger charge is 2.62. The van der Waals surface area contributed by atoms with Crippen molar-refractivity contribution in [2.75, 3.05) is 26.2 Å². The predicted molar refractivity (Wildman–Crippen MR) is 89.5 cm³/mol. The van der Waals surface area contributed by atoms with E-state index < -0.39 is 17.3 Å². The van der Waals surface area contributed by atoms with Crippen LogP contribution < -0.4 is 0 Å². The van der Waals surface area contributed by atoms with E-state index in [2.05, 4.69) is 14.9 Å². The van der Waals surface area contributed by atoms with Crippen LogP contribution in [0.25, 0.3) is 0 Å². The van der Waals surface area contributed by atoms with Gasteiger partial charge in [0, 0.05) is 45.3 Å². The van der Waals surface area contributed by atoms with E-state index in [9.17, 15) is 14.7 Å². The van der Waals surface area contributed by atoms with Crippen molar-refractivity contribution >= 4 is 11.9 Å². The van der Waals surface area contributed by atoms with Crippen molar-refractivity contribution < 1.29 is 14.7 Å². The Hall–Kier alpha value is -2.02. The highest BCUT2D eigenvalue weighted by molar-refractivity contribution is 5.92. The van der Waals surface area contributed by atoms with Crippen LogP contribution in [0.5, 0.6) is 0 Å². The smallest absolute Gasteiger partial charge is 0.313 e. The molecule has 1 amide bonds. The Kier molecular flexibility index (Phi) is 3.98. The summed E-state index contributed by atoms with van der Waals surface area (Å²) in [5.41, 5.74) is -0.0818. The van der Waals surface area contributed by atoms with Crippen LogP contribution in [0.4, 0.5) is 0 Å². The number of carbonyl (C=O) groups is 2. The minimum Gasteiger partial charge on any atom is -0.481 e. The monoisotopic (exact) mass is 344 g/mol. The molecule has 0 radical (unpaired) electrons. The molecule has 1 saturated carbocycles. The lowest BCUT2D eigenvalue weighted by atomic mass is 9.81. The molecule has 1 N–H and O–H groups in total. The van der Waals surface area contributed by atoms with Crippen molar-refractivity contribution in [3.05, 3.63) is 23.8 Å². The predicted octanol–water partition coefficient (Wildman–Crippen LogP) is 0.794. The van der Waals surface area contributed by atoms with Crippen molar-refractivity contribution in [1.82, 2.24) is 19.8 Å². The lowest BCUT2D eigenvalue weighted by Gasteiger charge is -2.25. The van der Waals surface area contributed by atoms with E-state index in [1.807, 2.05) is 13.0 Å². The third-order valence-corrected chi connectivity index (χ3v) is 5.76. The van der Waals surface area contributed by atoms with Crippen molar-refractivity contribution in [2.24, 2.45) is 17.3 Å². The Morgan fingerprint density at radius 3 is 2.84 bits per heavy atom. The summed E-state index contributed by atoms with van der Waals surface area (Å²) in [6.07, 6.45) is 4.83. The van der Waals surface area contributed by atoms with E-state index in [1.165, 1.54) is 0 Å². The highest BCUT2D eigenvalue weighted by Crippen LogP contribution is 2.45. The van der Waals surface area contributed by atoms with Crippen LogP contribution in [0.15, 0.2) is 12.3 Å². The maximum atomic E-state index is 12.8. The quantitative estimate of drug-likeness (QED) is 0.821. The number of aryl methyl sites for hydroxylation is 1. The van der Waals surface area contributed by atoms with Gasteiger partial charge in [-0.25, -0.2) is 9.97 Å². The van der Waals surface area contributed by atoms with E-state index in [1.54, 1.807) is 11.1 Å². The van der Waals surface area contributed by atoms with Gasteiger partial charge in [0.1, 0.15) is 11.2 Å². The summed E-state index contributed by atoms with van der Waals surface area (Å²) in [6.45, 7) is 4.56. The first-order chi connectivity index (χ1) is 12.0. The normalized spacial score (nSPS) is 29.2. The molecule has 2 aliphatic heterocycles. The minimum atomic E-state index is -0.966. The van der Waals surface area contributed by atoms with Gasteiger partial charge in [-0.1, -0.05) is 6.92 Å². The van der Waals surface area contributed by atoms with Gasteiger partial charge in [0.05, 0.1) is 11.6 Å². The Balaban J connectivity index is 1.50. The van der Waals surface area contributed by atoms with Crippen molar-refractivity contribution in [2.45, 2.75) is 32.7 Å². The number of amides is 1. The maximum Gasteiger partial charge on any atom is 0.313 e. The molecule has 0 bridgehead atoms. The second-order valence-corrected chi connectivity index (χ2v) is 7.66. The molecule has 0 aromatic carbocycles. The van der Waals surface area contributed by atoms with Gasteiger partial charge in [-0.05, 0) is 24.8 Å². The SMILES string of the molecule is CCc1nccc(CN2C[C@H]3C(=O)N(CC4CC4)C[C@@]3(C(=O)O)C2)n1. The summed E-state index contributed by atoms with van der Waals surface area (Å²) in [5.74, 6) is 0.114. The van der Waals surface area contributed by atoms with Crippen LogP contribution in [-0.4, -0.2) is 62.9 Å². The molecule has 0 unspecified atom stereocenters. The molecule has 2 atom stereocenters. The lowest BCUT2D eigenvalue weighted by molar-refractivity contribution is -0.149. The van der Waals surface area contributed by atoms with Gasteiger partial charge in [0.25, 0.3) is 0 Å². The van der Waals surface area contributed by atoms with Gasteiger partial charge < -0.3 is 10.0 Å². The number of carboxylic acids is 1. The third-order valence-electron chi connectivity index (χ3n) is 5.76. The Labute approximate surface area is 147 Å². The summed E-state index contributed by atoms with van der Waals surface area (Å²) in [4.78, 5) is 37.4. The summed E-state index contributed by atoms with van der Waals surface area (Å²) < 4.78 is 0. The molecule has 3 aliphatic rings. The van der Waals surface area contributed by atoms with Crippen LogP contribution in [0.1, 0.15) is 31.3 Å². The van der Waals surface area contributed by atoms with Crippen LogP contribution in [0.2, 0.25) is 0 Å². The van der Waals surface area contributed by atoms with E-state index in [0.29, 0.717) is 32.1 Å². The molecule has 0 spiro atoms. The molecular formula is C18H24N4O3. The number of fused-ring (bicyclic) bond motifs is 1. The van der Waals surface area contributed by atoms with Gasteiger partial charge in [-0.2, -0.15) is 0 Å². The van der Waals surface area contributed by atoms with E-state index in [0.717, 1.165) is 37.3 Å². The Bertz CT molecular complexity index is 705. The average Bonchev–Trinajstić information content (AvgIpc) is 3.28. The van der Waals surface area contributed by atoms with Gasteiger partial charge in [0.2, 0.25) is 5.91 Å². The zero-order valence-corrected chi connectivity index (χ0v) is 14.5. The summed E-state index contributed by atoms with van der Waals surface area (Å²) in [7, 11) is 0. The average molecular weight is 344 g/mol. The van der Waals surface area contributed by atoms with Crippen molar-refractivity contribution in [1.29, 1.82) is 0 Å². The van der Waals surface area contributed by atoms with Gasteiger partial charge in [-0.3, -0.25) is 14.5 Å². The zero-order valence-electron chi connectivity index (χ0n) is 14.5. The first kappa shape index (κ1) is 16.4. The van der Waals surface area contributed by atoms with Gasteiger partial charge in [0.15, 0.2) is 0 Å². The number of carboxylic acid groups (broad SMARTS) is 1. The first-order valence-corrected chi connectivity index (χ1v) is 9.07. The fraction of sp³-hybridized carbons (Fsp3) is 0.667. The summed E-state index contributed by atoms with van der Waals surface area (Å²) in [5, 5.41) is 9.89. The Morgan fingerprint density at radius 2 is 2.20 bits per heavy atom. The number of aliphatic carboxylic acids is 1. The Morgan fingerprint density at radius 1 is 1.40 bits per heavy atom. The van der Waals surface area contributed by atoms with E-state index in [4.69, 9.17) is 0 Å². The summed E-state index contributed by atoms with van der Waals surface area (Å²) >= 11 is 0. The minimum absolute atomic E-state index is 0.0220. The molecular weight excluding hydrogens is 320 g/mol. The van der Waals surface area contributed by atoms with Gasteiger partial charge >= 0.3 is 5.97 Å². The fourth-order valence-electron chi connectivity index (χ4n) is 4.22. The molecule has 4 rings (SSSR count). The number of carbonyl (C=O) groups excluding carboxylic acids is 1. The molecule has 2 saturated heterocycles. The van der Waals surface area contributed by atoms with E-state index >= 15 is 0 Å². The molecule has 1 aromatic heterocycles. The molecule has 3 heterocycles. The standard InChI is InChI=1S/C18H24N4O3/c1-2-15-19-6-5-13(20-15)8-21-9-14-16(23)22(7-12-3-4-12)11-18(14,10-21)17(24)25/h5-6,12,14H,2-4,7-11H2,1H3,(H,24,25)/t14-,18-/m0/s1. The molecule has 3 fully saturated rings. The number of likely N-dealkylation sites (tertiary alicyclic amines) is 2. The van der Waals surface area contributed by atoms with Crippen LogP contribution in [0, 0.1) is 17.3 Å². The highest BCUT2D eigenvalue weighted by atomic mass is 16.4. The zero-order chi connectivity index (χ0) is 17.6. The molecule has 25 heavy (non-hydrogen) atoms. The second-order valence-electron chi connectivity index (χ2n) is 7.66. The number of hydrogen-bond donors (Lipinski definition) is 1. The molecule has 7 nitrogen and oxygen atoms in total. The van der Waals surface area contributed by atoms with E-state index in [-0.39, 0.29) is 5.91 Å². The van der Waals surface area contributed by atoms with Crippen molar-refractivity contribution in [3.8, 4) is 0 Å². The third kappa shape index (κ3) is 2.90. The van der Waals surface area contributed by atoms with Crippen molar-refractivity contribution in [3.63, 3.8) is 0 Å². The number of rotatable bonds is 6. The number of nitrogens with zero attached hydrogens (tertiary/aromatic N) is 4. The van der Waals surface area contributed by atoms with Gasteiger partial charge in [-0.15, -0.1) is 0 Å². The molecule has 7 heteroatoms. The number of aromatic nitrogens is 2. The molecule has 1 aromatic rings. The summed E-state index contributed by atoms with van der Waals surface area (Å²) in [6, 6.07) is 1.86. The largest absolute Gasteiger partial charge is 0.481 e. The molecule has 134 valence electrons. The molecule has 1 aliphatic carbocycles.